The Morgan fingerprint density at radius 1 is 1.06 bits per heavy atom. The summed E-state index contributed by atoms with van der Waals surface area (Å²) in [6.07, 6.45) is 1.45. The van der Waals surface area contributed by atoms with Gasteiger partial charge in [-0.05, 0) is 55.2 Å². The van der Waals surface area contributed by atoms with Gasteiger partial charge in [0.05, 0.1) is 7.11 Å². The van der Waals surface area contributed by atoms with Gasteiger partial charge in [0.25, 0.3) is 17.6 Å². The highest BCUT2D eigenvalue weighted by molar-refractivity contribution is 6.42. The number of methoxy groups -OCH3 is 1. The van der Waals surface area contributed by atoms with E-state index in [1.54, 1.807) is 48.4 Å². The summed E-state index contributed by atoms with van der Waals surface area (Å²) in [5, 5.41) is 3.74. The minimum absolute atomic E-state index is 0.0695. The third-order valence-electron chi connectivity index (χ3n) is 5.65. The first-order valence-electron chi connectivity index (χ1n) is 10.3. The summed E-state index contributed by atoms with van der Waals surface area (Å²) in [5.41, 5.74) is 1.16. The molecule has 0 saturated carbocycles. The molecule has 1 N–H and O–H groups in total. The summed E-state index contributed by atoms with van der Waals surface area (Å²) < 4.78 is 10.6. The van der Waals surface area contributed by atoms with E-state index < -0.39 is 11.7 Å². The Morgan fingerprint density at radius 3 is 2.45 bits per heavy atom. The van der Waals surface area contributed by atoms with Gasteiger partial charge in [0.1, 0.15) is 11.3 Å². The monoisotopic (exact) mass is 420 g/mol. The molecule has 0 spiro atoms. The molecule has 0 atom stereocenters. The van der Waals surface area contributed by atoms with E-state index in [2.05, 4.69) is 5.32 Å². The van der Waals surface area contributed by atoms with Crippen LogP contribution in [0, 0.1) is 5.92 Å². The zero-order chi connectivity index (χ0) is 21.8. The van der Waals surface area contributed by atoms with Gasteiger partial charge >= 0.3 is 0 Å². The lowest BCUT2D eigenvalue weighted by Gasteiger charge is -2.31. The summed E-state index contributed by atoms with van der Waals surface area (Å²) in [6, 6.07) is 15.8. The zero-order valence-electron chi connectivity index (χ0n) is 17.3. The molecule has 0 radical (unpaired) electrons. The highest BCUT2D eigenvalue weighted by atomic mass is 16.5. The molecule has 160 valence electrons. The van der Waals surface area contributed by atoms with Gasteiger partial charge in [-0.25, -0.2) is 0 Å². The normalized spacial score (nSPS) is 14.4. The Labute approximate surface area is 180 Å². The first-order valence-corrected chi connectivity index (χ1v) is 10.3. The van der Waals surface area contributed by atoms with Gasteiger partial charge in [-0.2, -0.15) is 0 Å². The summed E-state index contributed by atoms with van der Waals surface area (Å²) in [7, 11) is 1.58. The standard InChI is InChI=1S/C24H24N2O5/c1-30-19-8-6-17(7-9-19)23(28)25-15-16-10-12-26(13-11-16)24(29)22(27)21-14-18-4-2-3-5-20(18)31-21/h2-9,14,16H,10-13,15H2,1H3,(H,25,28). The lowest BCUT2D eigenvalue weighted by atomic mass is 9.96. The van der Waals surface area contributed by atoms with Crippen LogP contribution in [0.2, 0.25) is 0 Å². The van der Waals surface area contributed by atoms with E-state index in [1.807, 2.05) is 18.2 Å². The third kappa shape index (κ3) is 4.60. The average molecular weight is 420 g/mol. The first kappa shape index (κ1) is 20.7. The summed E-state index contributed by atoms with van der Waals surface area (Å²) >= 11 is 0. The number of likely N-dealkylation sites (tertiary alicyclic amines) is 1. The SMILES string of the molecule is COc1ccc(C(=O)NCC2CCN(C(=O)C(=O)c3cc4ccccc4o3)CC2)cc1. The van der Waals surface area contributed by atoms with Crippen molar-refractivity contribution in [2.24, 2.45) is 5.92 Å². The number of benzene rings is 2. The van der Waals surface area contributed by atoms with Crippen molar-refractivity contribution in [3.8, 4) is 5.75 Å². The number of ketones is 1. The second kappa shape index (κ2) is 9.04. The van der Waals surface area contributed by atoms with Crippen LogP contribution in [0.1, 0.15) is 33.8 Å². The summed E-state index contributed by atoms with van der Waals surface area (Å²) in [4.78, 5) is 39.1. The first-order chi connectivity index (χ1) is 15.0. The minimum Gasteiger partial charge on any atom is -0.497 e. The Balaban J connectivity index is 1.27. The van der Waals surface area contributed by atoms with Gasteiger partial charge in [-0.1, -0.05) is 18.2 Å². The number of Topliss-reactive ketones (excluding diaryl/α,β-unsaturated/α-hetero) is 1. The quantitative estimate of drug-likeness (QED) is 0.488. The minimum atomic E-state index is -0.623. The van der Waals surface area contributed by atoms with Gasteiger partial charge in [-0.15, -0.1) is 0 Å². The average Bonchev–Trinajstić information content (AvgIpc) is 3.26. The van der Waals surface area contributed by atoms with Crippen LogP contribution in [0.5, 0.6) is 5.75 Å². The third-order valence-corrected chi connectivity index (χ3v) is 5.65. The molecule has 1 fully saturated rings. The predicted octanol–water partition coefficient (Wildman–Crippen LogP) is 3.29. The van der Waals surface area contributed by atoms with Crippen molar-refractivity contribution in [3.05, 3.63) is 65.9 Å². The van der Waals surface area contributed by atoms with Gasteiger partial charge in [0, 0.05) is 30.6 Å². The second-order valence-electron chi connectivity index (χ2n) is 7.65. The maximum absolute atomic E-state index is 12.6. The fourth-order valence-electron chi connectivity index (χ4n) is 3.76. The van der Waals surface area contributed by atoms with E-state index in [1.165, 1.54) is 0 Å². The zero-order valence-corrected chi connectivity index (χ0v) is 17.3. The number of furan rings is 1. The van der Waals surface area contributed by atoms with E-state index in [-0.39, 0.29) is 17.6 Å². The smallest absolute Gasteiger partial charge is 0.298 e. The van der Waals surface area contributed by atoms with Crippen LogP contribution in [0.15, 0.2) is 59.0 Å². The number of carbonyl (C=O) groups excluding carboxylic acids is 3. The lowest BCUT2D eigenvalue weighted by molar-refractivity contribution is -0.127. The molecule has 0 bridgehead atoms. The molecule has 2 amide bonds. The molecule has 4 rings (SSSR count). The molecule has 2 heterocycles. The van der Waals surface area contributed by atoms with Crippen LogP contribution in [-0.4, -0.2) is 49.2 Å². The van der Waals surface area contributed by atoms with E-state index in [9.17, 15) is 14.4 Å². The van der Waals surface area contributed by atoms with Crippen LogP contribution in [0.25, 0.3) is 11.0 Å². The van der Waals surface area contributed by atoms with Gasteiger partial charge in [0.15, 0.2) is 5.76 Å². The number of ether oxygens (including phenoxy) is 1. The molecular formula is C24H24N2O5. The fraction of sp³-hybridized carbons (Fsp3) is 0.292. The highest BCUT2D eigenvalue weighted by Gasteiger charge is 2.29. The van der Waals surface area contributed by atoms with Crippen molar-refractivity contribution < 1.29 is 23.5 Å². The Hall–Kier alpha value is -3.61. The molecule has 2 aromatic carbocycles. The van der Waals surface area contributed by atoms with Crippen molar-refractivity contribution in [3.63, 3.8) is 0 Å². The van der Waals surface area contributed by atoms with Crippen molar-refractivity contribution in [2.45, 2.75) is 12.8 Å². The number of nitrogens with one attached hydrogen (secondary N) is 1. The number of piperidine rings is 1. The fourth-order valence-corrected chi connectivity index (χ4v) is 3.76. The van der Waals surface area contributed by atoms with E-state index >= 15 is 0 Å². The van der Waals surface area contributed by atoms with Crippen molar-refractivity contribution in [1.82, 2.24) is 10.2 Å². The number of rotatable bonds is 6. The van der Waals surface area contributed by atoms with Crippen LogP contribution >= 0.6 is 0 Å². The molecule has 3 aromatic rings. The molecule has 31 heavy (non-hydrogen) atoms. The van der Waals surface area contributed by atoms with Crippen LogP contribution in [0.3, 0.4) is 0 Å². The Kier molecular flexibility index (Phi) is 6.02. The molecular weight excluding hydrogens is 396 g/mol. The summed E-state index contributed by atoms with van der Waals surface area (Å²) in [5.74, 6) is -0.276. The van der Waals surface area contributed by atoms with Crippen molar-refractivity contribution >= 4 is 28.6 Å². The maximum Gasteiger partial charge on any atom is 0.298 e. The molecule has 1 aliphatic heterocycles. The number of carbonyl (C=O) groups is 3. The van der Waals surface area contributed by atoms with Gasteiger partial charge in [0.2, 0.25) is 0 Å². The second-order valence-corrected chi connectivity index (χ2v) is 7.65. The number of amides is 2. The largest absolute Gasteiger partial charge is 0.497 e. The number of nitrogens with zero attached hydrogens (tertiary/aromatic N) is 1. The van der Waals surface area contributed by atoms with Gasteiger partial charge < -0.3 is 19.4 Å². The number of hydrogen-bond acceptors (Lipinski definition) is 5. The maximum atomic E-state index is 12.6. The van der Waals surface area contributed by atoms with Crippen LogP contribution in [0.4, 0.5) is 0 Å². The summed E-state index contributed by atoms with van der Waals surface area (Å²) in [6.45, 7) is 1.49. The molecule has 7 heteroatoms. The van der Waals surface area contributed by atoms with Crippen LogP contribution in [-0.2, 0) is 4.79 Å². The van der Waals surface area contributed by atoms with E-state index in [0.29, 0.717) is 36.5 Å². The predicted molar refractivity (Wildman–Crippen MR) is 115 cm³/mol. The van der Waals surface area contributed by atoms with Gasteiger partial charge in [-0.3, -0.25) is 14.4 Å². The molecule has 7 nitrogen and oxygen atoms in total. The van der Waals surface area contributed by atoms with Crippen molar-refractivity contribution in [2.75, 3.05) is 26.7 Å². The highest BCUT2D eigenvalue weighted by Crippen LogP contribution is 2.22. The molecule has 0 unspecified atom stereocenters. The van der Waals surface area contributed by atoms with Crippen molar-refractivity contribution in [1.29, 1.82) is 0 Å². The van der Waals surface area contributed by atoms with Crippen LogP contribution < -0.4 is 10.1 Å². The Morgan fingerprint density at radius 2 is 1.77 bits per heavy atom. The number of fused-ring (bicyclic) bond motifs is 1. The number of hydrogen-bond donors (Lipinski definition) is 1. The van der Waals surface area contributed by atoms with E-state index in [0.717, 1.165) is 18.2 Å². The Bertz CT molecular complexity index is 1060. The topological polar surface area (TPSA) is 88.9 Å². The van der Waals surface area contributed by atoms with E-state index in [4.69, 9.17) is 9.15 Å². The number of para-hydroxylation sites is 1. The molecule has 1 saturated heterocycles. The molecule has 0 aliphatic carbocycles. The lowest BCUT2D eigenvalue weighted by Crippen LogP contribution is -2.44. The molecule has 1 aliphatic rings. The molecule has 1 aromatic heterocycles.